The van der Waals surface area contributed by atoms with E-state index in [-0.39, 0.29) is 0 Å². The highest BCUT2D eigenvalue weighted by atomic mass is 15.2. The molecule has 5 heteroatoms. The van der Waals surface area contributed by atoms with Gasteiger partial charge in [0, 0.05) is 24.7 Å². The highest BCUT2D eigenvalue weighted by Gasteiger charge is 2.17. The van der Waals surface area contributed by atoms with Crippen LogP contribution in [0.15, 0.2) is 12.4 Å². The smallest absolute Gasteiger partial charge is 0.143 e. The topological polar surface area (TPSA) is 55.6 Å². The molecule has 0 saturated heterocycles. The van der Waals surface area contributed by atoms with E-state index in [2.05, 4.69) is 33.7 Å². The van der Waals surface area contributed by atoms with Crippen molar-refractivity contribution < 1.29 is 0 Å². The van der Waals surface area contributed by atoms with Crippen molar-refractivity contribution >= 4 is 5.82 Å². The van der Waals surface area contributed by atoms with Gasteiger partial charge in [0.15, 0.2) is 0 Å². The molecule has 0 unspecified atom stereocenters. The molecule has 21 heavy (non-hydrogen) atoms. The molecule has 0 aromatic carbocycles. The van der Waals surface area contributed by atoms with Crippen LogP contribution in [-0.2, 0) is 19.3 Å². The zero-order valence-corrected chi connectivity index (χ0v) is 12.9. The van der Waals surface area contributed by atoms with Gasteiger partial charge in [0.25, 0.3) is 0 Å². The first-order valence-electron chi connectivity index (χ1n) is 7.99. The summed E-state index contributed by atoms with van der Waals surface area (Å²) in [6.45, 7) is 5.10. The molecule has 2 aromatic rings. The van der Waals surface area contributed by atoms with E-state index in [0.717, 1.165) is 49.7 Å². The van der Waals surface area contributed by atoms with Crippen molar-refractivity contribution in [1.82, 2.24) is 19.5 Å². The Kier molecular flexibility index (Phi) is 4.18. The molecule has 1 aliphatic carbocycles. The van der Waals surface area contributed by atoms with Gasteiger partial charge < -0.3 is 5.32 Å². The maximum atomic E-state index is 4.73. The van der Waals surface area contributed by atoms with Gasteiger partial charge >= 0.3 is 0 Å². The second-order valence-corrected chi connectivity index (χ2v) is 5.52. The molecule has 0 amide bonds. The summed E-state index contributed by atoms with van der Waals surface area (Å²) in [7, 11) is 0. The van der Waals surface area contributed by atoms with Gasteiger partial charge in [0.1, 0.15) is 23.8 Å². The summed E-state index contributed by atoms with van der Waals surface area (Å²) < 4.78 is 2.15. The monoisotopic (exact) mass is 285 g/mol. The van der Waals surface area contributed by atoms with Gasteiger partial charge in [0.2, 0.25) is 0 Å². The highest BCUT2D eigenvalue weighted by molar-refractivity contribution is 5.43. The van der Waals surface area contributed by atoms with E-state index < -0.39 is 0 Å². The van der Waals surface area contributed by atoms with Crippen molar-refractivity contribution in [3.63, 3.8) is 0 Å². The van der Waals surface area contributed by atoms with Crippen molar-refractivity contribution in [3.05, 3.63) is 29.6 Å². The summed E-state index contributed by atoms with van der Waals surface area (Å²) in [5, 5.41) is 3.30. The van der Waals surface area contributed by atoms with Crippen molar-refractivity contribution in [1.29, 1.82) is 0 Å². The molecule has 5 nitrogen and oxygen atoms in total. The summed E-state index contributed by atoms with van der Waals surface area (Å²) in [6, 6.07) is 2.03. The maximum absolute atomic E-state index is 4.73. The van der Waals surface area contributed by atoms with E-state index in [1.807, 2.05) is 12.4 Å². The number of aromatic nitrogens is 4. The van der Waals surface area contributed by atoms with Crippen molar-refractivity contribution in [3.8, 4) is 5.82 Å². The van der Waals surface area contributed by atoms with Crippen LogP contribution in [0.2, 0.25) is 0 Å². The van der Waals surface area contributed by atoms with Crippen LogP contribution in [0.25, 0.3) is 5.82 Å². The van der Waals surface area contributed by atoms with Crippen LogP contribution < -0.4 is 5.32 Å². The van der Waals surface area contributed by atoms with E-state index in [4.69, 9.17) is 4.98 Å². The molecule has 0 saturated carbocycles. The molecular formula is C16H23N5. The molecule has 2 aromatic heterocycles. The van der Waals surface area contributed by atoms with Crippen molar-refractivity contribution in [2.75, 3.05) is 11.9 Å². The van der Waals surface area contributed by atoms with Crippen LogP contribution in [-0.4, -0.2) is 26.1 Å². The predicted molar refractivity (Wildman–Crippen MR) is 84.0 cm³/mol. The minimum absolute atomic E-state index is 0.865. The lowest BCUT2D eigenvalue weighted by molar-refractivity contribution is 0.653. The van der Waals surface area contributed by atoms with E-state index in [1.54, 1.807) is 0 Å². The fraction of sp³-hybridized carbons (Fsp3) is 0.562. The third-order valence-electron chi connectivity index (χ3n) is 3.87. The lowest BCUT2D eigenvalue weighted by atomic mass is 10.0. The summed E-state index contributed by atoms with van der Waals surface area (Å²) in [4.78, 5) is 13.9. The van der Waals surface area contributed by atoms with E-state index in [1.165, 1.54) is 24.2 Å². The van der Waals surface area contributed by atoms with E-state index in [9.17, 15) is 0 Å². The Morgan fingerprint density at radius 3 is 2.86 bits per heavy atom. The Bertz CT molecular complexity index is 593. The molecule has 2 heterocycles. The Morgan fingerprint density at radius 2 is 2.05 bits per heavy atom. The molecule has 3 rings (SSSR count). The van der Waals surface area contributed by atoms with Crippen LogP contribution in [0, 0.1) is 0 Å². The summed E-state index contributed by atoms with van der Waals surface area (Å²) in [6.07, 6.45) is 8.56. The lowest BCUT2D eigenvalue weighted by Crippen LogP contribution is -2.11. The molecule has 0 spiro atoms. The normalized spacial score (nSPS) is 14.0. The average Bonchev–Trinajstić information content (AvgIpc) is 2.92. The Balaban J connectivity index is 2.02. The van der Waals surface area contributed by atoms with Crippen LogP contribution in [0.1, 0.15) is 50.3 Å². The number of hydrogen-bond acceptors (Lipinski definition) is 4. The molecule has 1 N–H and O–H groups in total. The first-order chi connectivity index (χ1) is 10.3. The molecule has 0 radical (unpaired) electrons. The zero-order chi connectivity index (χ0) is 14.7. The number of nitrogens with one attached hydrogen (secondary N) is 1. The van der Waals surface area contributed by atoms with Gasteiger partial charge in [0.05, 0.1) is 5.69 Å². The number of imidazole rings is 1. The first kappa shape index (κ1) is 14.0. The SMILES string of the molecule is CCCc1nc(NCC)cc(-n2cnc3c2CCCC3)n1. The lowest BCUT2D eigenvalue weighted by Gasteiger charge is -2.15. The molecule has 1 aliphatic rings. The molecule has 0 atom stereocenters. The van der Waals surface area contributed by atoms with E-state index in [0.29, 0.717) is 0 Å². The standard InChI is InChI=1S/C16H23N5/c1-3-7-14-19-15(17-4-2)10-16(20-14)21-11-18-12-8-5-6-9-13(12)21/h10-11H,3-9H2,1-2H3,(H,17,19,20). The summed E-state index contributed by atoms with van der Waals surface area (Å²) in [5.74, 6) is 2.76. The van der Waals surface area contributed by atoms with Gasteiger partial charge in [-0.15, -0.1) is 0 Å². The number of anilines is 1. The first-order valence-corrected chi connectivity index (χ1v) is 7.99. The molecule has 0 bridgehead atoms. The number of aryl methyl sites for hydroxylation is 2. The number of hydrogen-bond donors (Lipinski definition) is 1. The van der Waals surface area contributed by atoms with Crippen molar-refractivity contribution in [2.45, 2.75) is 52.4 Å². The van der Waals surface area contributed by atoms with Crippen LogP contribution in [0.4, 0.5) is 5.82 Å². The Morgan fingerprint density at radius 1 is 1.19 bits per heavy atom. The Labute approximate surface area is 125 Å². The van der Waals surface area contributed by atoms with Crippen LogP contribution in [0.5, 0.6) is 0 Å². The van der Waals surface area contributed by atoms with E-state index >= 15 is 0 Å². The third-order valence-corrected chi connectivity index (χ3v) is 3.87. The fourth-order valence-electron chi connectivity index (χ4n) is 2.88. The summed E-state index contributed by atoms with van der Waals surface area (Å²) >= 11 is 0. The summed E-state index contributed by atoms with van der Waals surface area (Å²) in [5.41, 5.74) is 2.56. The minimum Gasteiger partial charge on any atom is -0.370 e. The fourth-order valence-corrected chi connectivity index (χ4v) is 2.88. The largest absolute Gasteiger partial charge is 0.370 e. The zero-order valence-electron chi connectivity index (χ0n) is 12.9. The molecule has 0 aliphatic heterocycles. The minimum atomic E-state index is 0.865. The number of nitrogens with zero attached hydrogens (tertiary/aromatic N) is 4. The highest BCUT2D eigenvalue weighted by Crippen LogP contribution is 2.23. The van der Waals surface area contributed by atoms with Gasteiger partial charge in [-0.3, -0.25) is 4.57 Å². The van der Waals surface area contributed by atoms with Gasteiger partial charge in [-0.2, -0.15) is 0 Å². The maximum Gasteiger partial charge on any atom is 0.143 e. The van der Waals surface area contributed by atoms with Crippen LogP contribution >= 0.6 is 0 Å². The number of fused-ring (bicyclic) bond motifs is 1. The second kappa shape index (κ2) is 6.24. The third kappa shape index (κ3) is 2.91. The quantitative estimate of drug-likeness (QED) is 0.917. The number of rotatable bonds is 5. The molecule has 112 valence electrons. The average molecular weight is 285 g/mol. The van der Waals surface area contributed by atoms with Gasteiger partial charge in [-0.05, 0) is 39.0 Å². The molecular weight excluding hydrogens is 262 g/mol. The molecule has 0 fully saturated rings. The predicted octanol–water partition coefficient (Wildman–Crippen LogP) is 2.93. The van der Waals surface area contributed by atoms with Crippen LogP contribution in [0.3, 0.4) is 0 Å². The second-order valence-electron chi connectivity index (χ2n) is 5.52. The van der Waals surface area contributed by atoms with Gasteiger partial charge in [-0.25, -0.2) is 15.0 Å². The Hall–Kier alpha value is -1.91. The van der Waals surface area contributed by atoms with Gasteiger partial charge in [-0.1, -0.05) is 6.92 Å². The van der Waals surface area contributed by atoms with Crippen molar-refractivity contribution in [2.24, 2.45) is 0 Å².